The van der Waals surface area contributed by atoms with E-state index in [-0.39, 0.29) is 23.4 Å². The second-order valence-electron chi connectivity index (χ2n) is 3.25. The zero-order valence-corrected chi connectivity index (χ0v) is 11.7. The Morgan fingerprint density at radius 1 is 1.50 bits per heavy atom. The molecular formula is C9H10BrClF3N3O. The third-order valence-electron chi connectivity index (χ3n) is 1.91. The highest BCUT2D eigenvalue weighted by atomic mass is 79.9. The van der Waals surface area contributed by atoms with Gasteiger partial charge in [-0.1, -0.05) is 27.5 Å². The van der Waals surface area contributed by atoms with E-state index in [0.717, 1.165) is 4.90 Å². The molecule has 102 valence electrons. The smallest absolute Gasteiger partial charge is 0.405 e. The van der Waals surface area contributed by atoms with Gasteiger partial charge in [0.1, 0.15) is 11.6 Å². The van der Waals surface area contributed by atoms with E-state index in [1.165, 1.54) is 13.3 Å². The maximum absolute atomic E-state index is 12.5. The van der Waals surface area contributed by atoms with Gasteiger partial charge >= 0.3 is 12.2 Å². The van der Waals surface area contributed by atoms with Crippen molar-refractivity contribution in [3.63, 3.8) is 0 Å². The van der Waals surface area contributed by atoms with Crippen molar-refractivity contribution < 1.29 is 17.9 Å². The molecule has 0 fully saturated rings. The van der Waals surface area contributed by atoms with Crippen molar-refractivity contribution in [1.82, 2.24) is 9.97 Å². The predicted molar refractivity (Wildman–Crippen MR) is 65.7 cm³/mol. The molecule has 0 saturated heterocycles. The molecule has 0 aliphatic heterocycles. The third-order valence-corrected chi connectivity index (χ3v) is 2.53. The Kier molecular flexibility index (Phi) is 5.46. The number of alkyl halides is 4. The van der Waals surface area contributed by atoms with Crippen molar-refractivity contribution in [3.05, 3.63) is 11.2 Å². The fourth-order valence-corrected chi connectivity index (χ4v) is 1.88. The quantitative estimate of drug-likeness (QED) is 0.767. The molecule has 18 heavy (non-hydrogen) atoms. The first kappa shape index (κ1) is 15.3. The zero-order valence-electron chi connectivity index (χ0n) is 9.34. The molecule has 1 heterocycles. The number of hydrogen-bond acceptors (Lipinski definition) is 4. The van der Waals surface area contributed by atoms with Crippen LogP contribution in [-0.2, 0) is 0 Å². The van der Waals surface area contributed by atoms with Gasteiger partial charge in [0.05, 0.1) is 13.3 Å². The number of rotatable bonds is 5. The van der Waals surface area contributed by atoms with Crippen molar-refractivity contribution in [2.24, 2.45) is 0 Å². The number of hydrogen-bond donors (Lipinski definition) is 0. The first-order valence-corrected chi connectivity index (χ1v) is 6.31. The molecule has 4 nitrogen and oxygen atoms in total. The Balaban J connectivity index is 3.04. The average molecular weight is 349 g/mol. The van der Waals surface area contributed by atoms with Crippen molar-refractivity contribution in [1.29, 1.82) is 0 Å². The highest BCUT2D eigenvalue weighted by Gasteiger charge is 2.32. The van der Waals surface area contributed by atoms with Crippen LogP contribution in [0.25, 0.3) is 0 Å². The lowest BCUT2D eigenvalue weighted by Gasteiger charge is -2.24. The van der Waals surface area contributed by atoms with Crippen molar-refractivity contribution in [2.45, 2.75) is 6.18 Å². The molecule has 0 unspecified atom stereocenters. The second-order valence-corrected chi connectivity index (χ2v) is 4.45. The van der Waals surface area contributed by atoms with E-state index in [1.54, 1.807) is 0 Å². The fraction of sp³-hybridized carbons (Fsp3) is 0.556. The summed E-state index contributed by atoms with van der Waals surface area (Å²) in [5, 5.41) is 0.395. The van der Waals surface area contributed by atoms with E-state index in [1.807, 2.05) is 0 Å². The number of ether oxygens (including phenoxy) is 1. The van der Waals surface area contributed by atoms with Crippen LogP contribution < -0.4 is 9.64 Å². The zero-order chi connectivity index (χ0) is 13.8. The second kappa shape index (κ2) is 6.42. The van der Waals surface area contributed by atoms with Crippen LogP contribution in [0.2, 0.25) is 5.02 Å². The molecule has 0 radical (unpaired) electrons. The highest BCUT2D eigenvalue weighted by Crippen LogP contribution is 2.27. The van der Waals surface area contributed by atoms with Crippen molar-refractivity contribution in [2.75, 3.05) is 30.4 Å². The monoisotopic (exact) mass is 347 g/mol. The van der Waals surface area contributed by atoms with Gasteiger partial charge in [-0.2, -0.15) is 18.2 Å². The lowest BCUT2D eigenvalue weighted by molar-refractivity contribution is -0.119. The van der Waals surface area contributed by atoms with Gasteiger partial charge in [0.25, 0.3) is 0 Å². The van der Waals surface area contributed by atoms with Gasteiger partial charge in [0.2, 0.25) is 0 Å². The summed E-state index contributed by atoms with van der Waals surface area (Å²) in [6, 6.07) is -0.0313. The summed E-state index contributed by atoms with van der Waals surface area (Å²) in [4.78, 5) is 8.56. The van der Waals surface area contributed by atoms with Crippen LogP contribution >= 0.6 is 27.5 Å². The minimum Gasteiger partial charge on any atom is -0.467 e. The van der Waals surface area contributed by atoms with E-state index in [0.29, 0.717) is 5.33 Å². The third kappa shape index (κ3) is 4.49. The van der Waals surface area contributed by atoms with Crippen LogP contribution in [0.4, 0.5) is 19.0 Å². The number of methoxy groups -OCH3 is 1. The summed E-state index contributed by atoms with van der Waals surface area (Å²) >= 11 is 8.90. The van der Waals surface area contributed by atoms with E-state index >= 15 is 0 Å². The molecule has 0 aliphatic rings. The van der Waals surface area contributed by atoms with E-state index in [2.05, 4.69) is 25.9 Å². The summed E-state index contributed by atoms with van der Waals surface area (Å²) in [6.07, 6.45) is -3.13. The first-order valence-electron chi connectivity index (χ1n) is 4.81. The Hall–Kier alpha value is -0.760. The normalized spacial score (nSPS) is 11.4. The van der Waals surface area contributed by atoms with Gasteiger partial charge in [-0.25, -0.2) is 4.98 Å². The van der Waals surface area contributed by atoms with Gasteiger partial charge < -0.3 is 9.64 Å². The molecule has 0 aliphatic carbocycles. The molecule has 0 spiro atoms. The maximum Gasteiger partial charge on any atom is 0.405 e. The Morgan fingerprint density at radius 3 is 2.67 bits per heavy atom. The summed E-state index contributed by atoms with van der Waals surface area (Å²) in [5.41, 5.74) is 0. The van der Waals surface area contributed by atoms with Crippen LogP contribution in [0.15, 0.2) is 6.20 Å². The summed E-state index contributed by atoms with van der Waals surface area (Å²) < 4.78 is 42.1. The van der Waals surface area contributed by atoms with Gasteiger partial charge in [0.15, 0.2) is 5.82 Å². The summed E-state index contributed by atoms with van der Waals surface area (Å²) in [6.45, 7) is -1.03. The molecular weight excluding hydrogens is 338 g/mol. The maximum atomic E-state index is 12.5. The molecule has 0 aromatic carbocycles. The van der Waals surface area contributed by atoms with E-state index < -0.39 is 12.7 Å². The molecule has 0 saturated carbocycles. The Labute approximate surface area is 115 Å². The summed E-state index contributed by atoms with van der Waals surface area (Å²) in [5.74, 6) is 0.000270. The Morgan fingerprint density at radius 2 is 2.17 bits per heavy atom. The van der Waals surface area contributed by atoms with Crippen molar-refractivity contribution >= 4 is 33.3 Å². The van der Waals surface area contributed by atoms with Gasteiger partial charge in [0, 0.05) is 11.9 Å². The average Bonchev–Trinajstić information content (AvgIpc) is 2.27. The van der Waals surface area contributed by atoms with Gasteiger partial charge in [-0.05, 0) is 0 Å². The molecule has 0 amide bonds. The van der Waals surface area contributed by atoms with Crippen LogP contribution in [0.3, 0.4) is 0 Å². The lowest BCUT2D eigenvalue weighted by atomic mass is 10.4. The number of halogens is 5. The van der Waals surface area contributed by atoms with Gasteiger partial charge in [-0.15, -0.1) is 0 Å². The van der Waals surface area contributed by atoms with Crippen LogP contribution in [0.1, 0.15) is 0 Å². The van der Waals surface area contributed by atoms with E-state index in [9.17, 15) is 13.2 Å². The molecule has 0 N–H and O–H groups in total. The lowest BCUT2D eigenvalue weighted by Crippen LogP contribution is -2.36. The molecule has 1 aromatic heterocycles. The van der Waals surface area contributed by atoms with Crippen molar-refractivity contribution in [3.8, 4) is 6.01 Å². The summed E-state index contributed by atoms with van der Waals surface area (Å²) in [7, 11) is 1.33. The minimum absolute atomic E-state index is 0.000270. The number of aromatic nitrogens is 2. The number of anilines is 1. The van der Waals surface area contributed by atoms with E-state index in [4.69, 9.17) is 16.3 Å². The van der Waals surface area contributed by atoms with Crippen LogP contribution in [0.5, 0.6) is 6.01 Å². The Bertz CT molecular complexity index is 405. The van der Waals surface area contributed by atoms with Gasteiger partial charge in [-0.3, -0.25) is 0 Å². The minimum atomic E-state index is -4.34. The topological polar surface area (TPSA) is 38.2 Å². The van der Waals surface area contributed by atoms with Crippen LogP contribution in [-0.4, -0.2) is 41.7 Å². The molecule has 1 aromatic rings. The van der Waals surface area contributed by atoms with Crippen LogP contribution in [0, 0.1) is 0 Å². The molecule has 0 bridgehead atoms. The molecule has 1 rings (SSSR count). The highest BCUT2D eigenvalue weighted by molar-refractivity contribution is 9.09. The largest absolute Gasteiger partial charge is 0.467 e. The molecule has 9 heteroatoms. The fourth-order valence-electron chi connectivity index (χ4n) is 1.24. The standard InChI is InChI=1S/C9H10BrClF3N3O/c1-18-8-15-4-6(11)7(16-8)17(3-2-10)5-9(12,13)14/h4H,2-3,5H2,1H3. The SMILES string of the molecule is COc1ncc(Cl)c(N(CCBr)CC(F)(F)F)n1. The number of nitrogens with zero attached hydrogens (tertiary/aromatic N) is 3. The predicted octanol–water partition coefficient (Wildman–Crippen LogP) is 2.90. The molecule has 0 atom stereocenters. The first-order chi connectivity index (χ1) is 8.37.